The van der Waals surface area contributed by atoms with Gasteiger partial charge in [-0.2, -0.15) is 5.10 Å². The molecule has 9 heteroatoms. The van der Waals surface area contributed by atoms with E-state index in [1.807, 2.05) is 19.2 Å². The zero-order valence-electron chi connectivity index (χ0n) is 17.3. The number of allylic oxidation sites excluding steroid dienone is 4. The van der Waals surface area contributed by atoms with E-state index in [-0.39, 0.29) is 35.3 Å². The third-order valence-electron chi connectivity index (χ3n) is 5.65. The first kappa shape index (κ1) is 22.0. The number of benzene rings is 1. The molecule has 2 aliphatic carbocycles. The Morgan fingerprint density at radius 1 is 1.13 bits per heavy atom. The van der Waals surface area contributed by atoms with E-state index in [1.54, 1.807) is 22.9 Å². The number of halogens is 3. The van der Waals surface area contributed by atoms with Gasteiger partial charge in [0.2, 0.25) is 0 Å². The van der Waals surface area contributed by atoms with Gasteiger partial charge in [-0.15, -0.1) is 13.2 Å². The normalized spacial score (nSPS) is 18.2. The molecular weight excluding hydrogens is 416 g/mol. The molecule has 2 heterocycles. The summed E-state index contributed by atoms with van der Waals surface area (Å²) in [6, 6.07) is 8.17. The van der Waals surface area contributed by atoms with Crippen molar-refractivity contribution in [2.24, 2.45) is 17.0 Å². The van der Waals surface area contributed by atoms with Crippen molar-refractivity contribution in [2.75, 3.05) is 0 Å². The van der Waals surface area contributed by atoms with Crippen LogP contribution in [-0.2, 0) is 7.05 Å². The van der Waals surface area contributed by atoms with Gasteiger partial charge in [0.15, 0.2) is 5.84 Å². The molecule has 31 heavy (non-hydrogen) atoms. The third-order valence-corrected chi connectivity index (χ3v) is 5.65. The molecule has 0 saturated heterocycles. The van der Waals surface area contributed by atoms with Gasteiger partial charge in [-0.25, -0.2) is 9.98 Å². The SMILES string of the molecule is Cn1nc(C2CCC2)cc1C1=NC2=CC(c3ccccc3OC(F)(F)F)=CCC2=N1.[Na]. The first-order valence-corrected chi connectivity index (χ1v) is 9.85. The van der Waals surface area contributed by atoms with Crippen LogP contribution in [0.1, 0.15) is 48.6 Å². The Morgan fingerprint density at radius 3 is 2.61 bits per heavy atom. The van der Waals surface area contributed by atoms with Crippen molar-refractivity contribution in [3.63, 3.8) is 0 Å². The minimum atomic E-state index is -4.75. The Bertz CT molecular complexity index is 1140. The van der Waals surface area contributed by atoms with E-state index < -0.39 is 6.36 Å². The monoisotopic (exact) mass is 435 g/mol. The summed E-state index contributed by atoms with van der Waals surface area (Å²) in [5.41, 5.74) is 4.39. The number of rotatable bonds is 4. The fourth-order valence-electron chi connectivity index (χ4n) is 3.89. The molecule has 155 valence electrons. The molecule has 0 spiro atoms. The minimum absolute atomic E-state index is 0. The van der Waals surface area contributed by atoms with Crippen LogP contribution >= 0.6 is 0 Å². The summed E-state index contributed by atoms with van der Waals surface area (Å²) in [6.07, 6.45) is 2.91. The summed E-state index contributed by atoms with van der Waals surface area (Å²) in [6.45, 7) is 0. The second-order valence-electron chi connectivity index (χ2n) is 7.64. The Hall–Kier alpha value is -2.16. The third kappa shape index (κ3) is 4.42. The van der Waals surface area contributed by atoms with Crippen molar-refractivity contribution in [1.82, 2.24) is 9.78 Å². The smallest absolute Gasteiger partial charge is 0.405 e. The summed E-state index contributed by atoms with van der Waals surface area (Å²) in [4.78, 5) is 9.30. The molecular formula is C22H19F3N4NaO. The van der Waals surface area contributed by atoms with Gasteiger partial charge < -0.3 is 4.74 Å². The van der Waals surface area contributed by atoms with Crippen molar-refractivity contribution in [2.45, 2.75) is 38.0 Å². The number of hydrogen-bond donors (Lipinski definition) is 0. The molecule has 1 fully saturated rings. The van der Waals surface area contributed by atoms with Crippen LogP contribution in [0.3, 0.4) is 0 Å². The van der Waals surface area contributed by atoms with Crippen LogP contribution in [0.25, 0.3) is 5.57 Å². The standard InChI is InChI=1S/C22H19F3N4O.Na/c1-29-19(12-17(28-29)13-5-4-6-13)21-26-16-10-9-14(11-18(16)27-21)15-7-2-3-8-20(15)30-22(23,24)25;/h2-3,7-9,11-13H,4-6,10H2,1H3;. The number of nitrogens with zero attached hydrogens (tertiary/aromatic N) is 4. The van der Waals surface area contributed by atoms with E-state index in [0.29, 0.717) is 35.0 Å². The summed E-state index contributed by atoms with van der Waals surface area (Å²) < 4.78 is 44.3. The van der Waals surface area contributed by atoms with E-state index in [2.05, 4.69) is 19.8 Å². The number of hydrogen-bond acceptors (Lipinski definition) is 4. The number of ether oxygens (including phenoxy) is 1. The van der Waals surface area contributed by atoms with E-state index in [0.717, 1.165) is 29.9 Å². The van der Waals surface area contributed by atoms with Crippen molar-refractivity contribution in [1.29, 1.82) is 0 Å². The maximum atomic E-state index is 12.8. The van der Waals surface area contributed by atoms with Crippen molar-refractivity contribution < 1.29 is 17.9 Å². The molecule has 0 bridgehead atoms. The molecule has 0 amide bonds. The maximum Gasteiger partial charge on any atom is 0.573 e. The van der Waals surface area contributed by atoms with Crippen molar-refractivity contribution >= 4 is 46.7 Å². The summed E-state index contributed by atoms with van der Waals surface area (Å²) >= 11 is 0. The molecule has 5 nitrogen and oxygen atoms in total. The number of aliphatic imine (C=N–C) groups is 2. The Labute approximate surface area is 199 Å². The van der Waals surface area contributed by atoms with Crippen LogP contribution in [-0.4, -0.2) is 57.2 Å². The van der Waals surface area contributed by atoms with Crippen LogP contribution in [0, 0.1) is 0 Å². The van der Waals surface area contributed by atoms with Gasteiger partial charge in [-0.3, -0.25) is 4.68 Å². The number of aryl methyl sites for hydroxylation is 1. The average Bonchev–Trinajstić information content (AvgIpc) is 3.22. The molecule has 1 saturated carbocycles. The molecule has 2 aromatic rings. The van der Waals surface area contributed by atoms with Gasteiger partial charge in [0.25, 0.3) is 0 Å². The Kier molecular flexibility index (Phi) is 5.98. The predicted octanol–water partition coefficient (Wildman–Crippen LogP) is 4.78. The summed E-state index contributed by atoms with van der Waals surface area (Å²) in [7, 11) is 1.88. The summed E-state index contributed by atoms with van der Waals surface area (Å²) in [5.74, 6) is 0.873. The van der Waals surface area contributed by atoms with Crippen LogP contribution in [0.5, 0.6) is 5.75 Å². The average molecular weight is 435 g/mol. The topological polar surface area (TPSA) is 51.8 Å². The fraction of sp³-hybridized carbons (Fsp3) is 0.318. The molecule has 0 atom stereocenters. The zero-order valence-corrected chi connectivity index (χ0v) is 19.3. The molecule has 0 unspecified atom stereocenters. The zero-order chi connectivity index (χ0) is 20.9. The quantitative estimate of drug-likeness (QED) is 0.650. The van der Waals surface area contributed by atoms with Gasteiger partial charge in [-0.1, -0.05) is 30.7 Å². The first-order valence-electron chi connectivity index (χ1n) is 9.85. The second-order valence-corrected chi connectivity index (χ2v) is 7.64. The molecule has 1 aromatic carbocycles. The number of aromatic nitrogens is 2. The molecule has 3 aliphatic rings. The summed E-state index contributed by atoms with van der Waals surface area (Å²) in [5, 5.41) is 4.61. The molecule has 5 rings (SSSR count). The molecule has 0 N–H and O–H groups in total. The van der Waals surface area contributed by atoms with Crippen LogP contribution in [0.15, 0.2) is 58.2 Å². The Balaban J connectivity index is 0.00000231. The van der Waals surface area contributed by atoms with Gasteiger partial charge in [-0.05, 0) is 36.6 Å². The van der Waals surface area contributed by atoms with Gasteiger partial charge in [0, 0.05) is 54.5 Å². The first-order chi connectivity index (χ1) is 14.4. The molecule has 1 aromatic heterocycles. The minimum Gasteiger partial charge on any atom is -0.405 e. The number of para-hydroxylation sites is 1. The predicted molar refractivity (Wildman–Crippen MR) is 113 cm³/mol. The van der Waals surface area contributed by atoms with Crippen molar-refractivity contribution in [3.8, 4) is 5.75 Å². The second kappa shape index (κ2) is 8.41. The number of fused-ring (bicyclic) bond motifs is 1. The van der Waals surface area contributed by atoms with E-state index in [9.17, 15) is 13.2 Å². The van der Waals surface area contributed by atoms with Crippen LogP contribution in [0.4, 0.5) is 13.2 Å². The van der Waals surface area contributed by atoms with E-state index in [1.165, 1.54) is 18.6 Å². The van der Waals surface area contributed by atoms with Gasteiger partial charge >= 0.3 is 6.36 Å². The maximum absolute atomic E-state index is 12.8. The molecule has 1 aliphatic heterocycles. The largest absolute Gasteiger partial charge is 0.573 e. The Morgan fingerprint density at radius 2 is 1.90 bits per heavy atom. The van der Waals surface area contributed by atoms with Crippen LogP contribution in [0.2, 0.25) is 0 Å². The fourth-order valence-corrected chi connectivity index (χ4v) is 3.89. The number of amidine groups is 1. The van der Waals surface area contributed by atoms with Gasteiger partial charge in [0.1, 0.15) is 11.4 Å². The molecule has 1 radical (unpaired) electrons. The van der Waals surface area contributed by atoms with Crippen LogP contribution < -0.4 is 4.74 Å². The number of alkyl halides is 3. The van der Waals surface area contributed by atoms with Gasteiger partial charge in [0.05, 0.1) is 17.1 Å². The van der Waals surface area contributed by atoms with Crippen molar-refractivity contribution in [3.05, 3.63) is 65.1 Å². The van der Waals surface area contributed by atoms with E-state index >= 15 is 0 Å². The van der Waals surface area contributed by atoms with E-state index in [4.69, 9.17) is 0 Å².